The smallest absolute Gasteiger partial charge is 0.438 e. The van der Waals surface area contributed by atoms with Gasteiger partial charge in [-0.1, -0.05) is 49.4 Å². The lowest BCUT2D eigenvalue weighted by Gasteiger charge is -2.32. The average molecular weight is 441 g/mol. The number of unbranched alkanes of at least 4 members (excludes halogenated alkanes) is 3. The van der Waals surface area contributed by atoms with E-state index in [2.05, 4.69) is 5.10 Å². The molecule has 0 aromatic heterocycles. The van der Waals surface area contributed by atoms with E-state index in [9.17, 15) is 23.1 Å². The van der Waals surface area contributed by atoms with E-state index in [-0.39, 0.29) is 27.9 Å². The molecule has 0 aliphatic carbocycles. The second-order valence-corrected chi connectivity index (χ2v) is 7.38. The molecule has 5 nitrogen and oxygen atoms in total. The third kappa shape index (κ3) is 5.30. The number of carbonyl (C=O) groups is 1. The first-order valence-electron chi connectivity index (χ1n) is 8.85. The van der Waals surface area contributed by atoms with Crippen LogP contribution in [0, 0.1) is 0 Å². The van der Waals surface area contributed by atoms with E-state index in [1.165, 1.54) is 18.2 Å². The number of amides is 1. The summed E-state index contributed by atoms with van der Waals surface area (Å²) >= 11 is 11.7. The number of hydrogen-bond acceptors (Lipinski definition) is 4. The molecule has 0 bridgehead atoms. The number of hydrogen-bond donors (Lipinski definition) is 1. The summed E-state index contributed by atoms with van der Waals surface area (Å²) in [4.78, 5) is 12.3. The van der Waals surface area contributed by atoms with Crippen LogP contribution in [-0.4, -0.2) is 40.2 Å². The quantitative estimate of drug-likeness (QED) is 0.566. The van der Waals surface area contributed by atoms with Gasteiger partial charge in [0.1, 0.15) is 5.75 Å². The Morgan fingerprint density at radius 3 is 2.64 bits per heavy atom. The molecule has 0 fully saturated rings. The molecule has 0 saturated heterocycles. The third-order valence-corrected chi connectivity index (χ3v) is 4.83. The molecule has 156 valence electrons. The molecule has 1 aliphatic heterocycles. The second-order valence-electron chi connectivity index (χ2n) is 6.54. The molecular weight excluding hydrogens is 420 g/mol. The zero-order valence-corrected chi connectivity index (χ0v) is 16.7. The maximum Gasteiger partial charge on any atom is 0.438 e. The molecule has 0 saturated carbocycles. The van der Waals surface area contributed by atoms with Gasteiger partial charge in [0.15, 0.2) is 6.61 Å². The van der Waals surface area contributed by atoms with Crippen LogP contribution in [0.25, 0.3) is 0 Å². The van der Waals surface area contributed by atoms with Crippen molar-refractivity contribution in [1.29, 1.82) is 0 Å². The first kappa shape index (κ1) is 22.8. The zero-order chi connectivity index (χ0) is 20.9. The van der Waals surface area contributed by atoms with Crippen LogP contribution >= 0.6 is 23.2 Å². The van der Waals surface area contributed by atoms with Gasteiger partial charge in [-0.15, -0.1) is 0 Å². The van der Waals surface area contributed by atoms with Crippen LogP contribution in [0.15, 0.2) is 23.3 Å². The van der Waals surface area contributed by atoms with Crippen molar-refractivity contribution in [3.63, 3.8) is 0 Å². The molecule has 1 aromatic rings. The van der Waals surface area contributed by atoms with Gasteiger partial charge < -0.3 is 9.84 Å². The van der Waals surface area contributed by atoms with Crippen molar-refractivity contribution in [2.45, 2.75) is 57.3 Å². The van der Waals surface area contributed by atoms with Crippen molar-refractivity contribution < 1.29 is 27.8 Å². The summed E-state index contributed by atoms with van der Waals surface area (Å²) in [5.74, 6) is -1.05. The van der Waals surface area contributed by atoms with Crippen molar-refractivity contribution in [1.82, 2.24) is 5.01 Å². The van der Waals surface area contributed by atoms with Gasteiger partial charge >= 0.3 is 6.18 Å². The minimum atomic E-state index is -5.06. The van der Waals surface area contributed by atoms with Crippen LogP contribution in [0.2, 0.25) is 10.0 Å². The Morgan fingerprint density at radius 2 is 2.04 bits per heavy atom. The van der Waals surface area contributed by atoms with Gasteiger partial charge in [0, 0.05) is 17.2 Å². The molecular formula is C18H21Cl2F3N2O3. The monoisotopic (exact) mass is 440 g/mol. The number of nitrogens with zero attached hydrogens (tertiary/aromatic N) is 2. The molecule has 1 N–H and O–H groups in total. The van der Waals surface area contributed by atoms with Crippen molar-refractivity contribution in [2.24, 2.45) is 5.10 Å². The van der Waals surface area contributed by atoms with Crippen molar-refractivity contribution >= 4 is 34.8 Å². The maximum atomic E-state index is 13.4. The molecule has 0 unspecified atom stereocenters. The fourth-order valence-electron chi connectivity index (χ4n) is 2.79. The zero-order valence-electron chi connectivity index (χ0n) is 15.2. The Hall–Kier alpha value is -1.51. The van der Waals surface area contributed by atoms with E-state index in [1.807, 2.05) is 6.92 Å². The van der Waals surface area contributed by atoms with E-state index in [0.717, 1.165) is 19.3 Å². The summed E-state index contributed by atoms with van der Waals surface area (Å²) in [6.07, 6.45) is -2.13. The van der Waals surface area contributed by atoms with Gasteiger partial charge in [-0.25, -0.2) is 0 Å². The normalized spacial score (nSPS) is 19.7. The summed E-state index contributed by atoms with van der Waals surface area (Å²) in [5, 5.41) is 14.5. The minimum Gasteiger partial charge on any atom is -0.482 e. The Morgan fingerprint density at radius 1 is 1.32 bits per heavy atom. The van der Waals surface area contributed by atoms with E-state index in [1.54, 1.807) is 0 Å². The van der Waals surface area contributed by atoms with Gasteiger partial charge in [-0.2, -0.15) is 23.3 Å². The number of rotatable bonds is 8. The summed E-state index contributed by atoms with van der Waals surface area (Å²) < 4.78 is 45.5. The molecule has 1 aromatic carbocycles. The summed E-state index contributed by atoms with van der Waals surface area (Å²) in [6.45, 7) is 1.25. The number of alkyl halides is 3. The highest BCUT2D eigenvalue weighted by atomic mass is 35.5. The highest BCUT2D eigenvalue weighted by molar-refractivity contribution is 6.35. The number of aliphatic hydroxyl groups is 1. The van der Waals surface area contributed by atoms with Gasteiger partial charge in [-0.05, 0) is 31.0 Å². The lowest BCUT2D eigenvalue weighted by molar-refractivity contribution is -0.302. The van der Waals surface area contributed by atoms with Crippen LogP contribution in [0.4, 0.5) is 13.2 Å². The van der Waals surface area contributed by atoms with Crippen LogP contribution in [0.3, 0.4) is 0 Å². The topological polar surface area (TPSA) is 62.1 Å². The molecule has 2 rings (SSSR count). The predicted molar refractivity (Wildman–Crippen MR) is 101 cm³/mol. The molecule has 0 spiro atoms. The summed E-state index contributed by atoms with van der Waals surface area (Å²) in [7, 11) is 0. The van der Waals surface area contributed by atoms with Gasteiger partial charge in [0.25, 0.3) is 11.6 Å². The Balaban J connectivity index is 2.10. The van der Waals surface area contributed by atoms with E-state index in [0.29, 0.717) is 11.4 Å². The fraction of sp³-hybridized carbons (Fsp3) is 0.556. The first-order chi connectivity index (χ1) is 13.1. The molecule has 1 heterocycles. The van der Waals surface area contributed by atoms with Crippen LogP contribution < -0.4 is 4.74 Å². The molecule has 1 amide bonds. The van der Waals surface area contributed by atoms with Gasteiger partial charge in [0.2, 0.25) is 0 Å². The third-order valence-electron chi connectivity index (χ3n) is 4.30. The highest BCUT2D eigenvalue weighted by Gasteiger charge is 2.63. The minimum absolute atomic E-state index is 0.0754. The highest BCUT2D eigenvalue weighted by Crippen LogP contribution is 2.41. The number of halogens is 5. The van der Waals surface area contributed by atoms with E-state index < -0.39 is 30.8 Å². The summed E-state index contributed by atoms with van der Waals surface area (Å²) in [6, 6.07) is 4.22. The van der Waals surface area contributed by atoms with Crippen molar-refractivity contribution in [3.8, 4) is 5.75 Å². The SMILES string of the molecule is CCCCCCC1=NN(C(=O)COc2ccc(Cl)cc2Cl)[C@@](O)(C(F)(F)F)C1. The second kappa shape index (κ2) is 9.33. The molecule has 28 heavy (non-hydrogen) atoms. The number of ether oxygens (including phenoxy) is 1. The number of hydrazone groups is 1. The largest absolute Gasteiger partial charge is 0.482 e. The van der Waals surface area contributed by atoms with Crippen LogP contribution in [0.5, 0.6) is 5.75 Å². The first-order valence-corrected chi connectivity index (χ1v) is 9.60. The van der Waals surface area contributed by atoms with Crippen LogP contribution in [0.1, 0.15) is 45.4 Å². The van der Waals surface area contributed by atoms with Crippen molar-refractivity contribution in [3.05, 3.63) is 28.2 Å². The Kier molecular flexibility index (Phi) is 7.59. The molecule has 10 heteroatoms. The summed E-state index contributed by atoms with van der Waals surface area (Å²) in [5.41, 5.74) is -3.24. The maximum absolute atomic E-state index is 13.4. The van der Waals surface area contributed by atoms with E-state index in [4.69, 9.17) is 27.9 Å². The van der Waals surface area contributed by atoms with Crippen LogP contribution in [-0.2, 0) is 4.79 Å². The standard InChI is InChI=1S/C18H21Cl2F3N2O3/c1-2-3-4-5-6-13-10-17(27,18(21,22)23)25(24-13)16(26)11-28-15-8-7-12(19)9-14(15)20/h7-9,27H,2-6,10-11H2,1H3/t17-/m0/s1. The fourth-order valence-corrected chi connectivity index (χ4v) is 3.25. The molecule has 1 aliphatic rings. The molecule has 0 radical (unpaired) electrons. The van der Waals surface area contributed by atoms with Crippen molar-refractivity contribution in [2.75, 3.05) is 6.61 Å². The lowest BCUT2D eigenvalue weighted by Crippen LogP contribution is -2.57. The van der Waals surface area contributed by atoms with Gasteiger partial charge in [-0.3, -0.25) is 4.79 Å². The Bertz CT molecular complexity index is 743. The average Bonchev–Trinajstić information content (AvgIpc) is 2.96. The number of carbonyl (C=O) groups excluding carboxylic acids is 1. The Labute approximate surface area is 171 Å². The molecule has 1 atom stereocenters. The number of benzene rings is 1. The van der Waals surface area contributed by atoms with E-state index >= 15 is 0 Å². The lowest BCUT2D eigenvalue weighted by atomic mass is 10.0. The predicted octanol–water partition coefficient (Wildman–Crippen LogP) is 5.18. The van der Waals surface area contributed by atoms with Gasteiger partial charge in [0.05, 0.1) is 5.02 Å².